The second kappa shape index (κ2) is 7.73. The van der Waals surface area contributed by atoms with E-state index in [-0.39, 0.29) is 11.9 Å². The number of hydrogen-bond donors (Lipinski definition) is 3. The van der Waals surface area contributed by atoms with E-state index in [0.717, 1.165) is 10.9 Å². The maximum Gasteiger partial charge on any atom is 0.162 e. The minimum atomic E-state index is -0.316. The molecule has 0 saturated carbocycles. The largest absolute Gasteiger partial charge is 0.383 e. The van der Waals surface area contributed by atoms with Gasteiger partial charge in [0.15, 0.2) is 11.5 Å². The quantitative estimate of drug-likeness (QED) is 0.422. The Hall–Kier alpha value is -3.33. The number of hydrogen-bond acceptors (Lipinski definition) is 7. The minimum Gasteiger partial charge on any atom is -0.383 e. The molecule has 3 N–H and O–H groups in total. The van der Waals surface area contributed by atoms with E-state index in [1.807, 2.05) is 13.0 Å². The molecule has 28 heavy (non-hydrogen) atoms. The van der Waals surface area contributed by atoms with Gasteiger partial charge in [-0.3, -0.25) is 0 Å². The van der Waals surface area contributed by atoms with Crippen molar-refractivity contribution in [2.45, 2.75) is 13.0 Å². The molecule has 4 rings (SSSR count). The third kappa shape index (κ3) is 3.56. The fourth-order valence-corrected chi connectivity index (χ4v) is 3.05. The Bertz CT molecular complexity index is 1110. The number of imidazole rings is 1. The Morgan fingerprint density at radius 3 is 2.93 bits per heavy atom. The maximum atomic E-state index is 13.6. The molecule has 0 radical (unpaired) electrons. The molecule has 1 atom stereocenters. The molecule has 0 spiro atoms. The summed E-state index contributed by atoms with van der Waals surface area (Å²) in [6.07, 6.45) is 3.06. The van der Waals surface area contributed by atoms with Gasteiger partial charge in [-0.25, -0.2) is 24.3 Å². The van der Waals surface area contributed by atoms with Crippen LogP contribution in [0.3, 0.4) is 0 Å². The van der Waals surface area contributed by atoms with Gasteiger partial charge in [0.1, 0.15) is 23.5 Å². The number of ether oxygens (including phenoxy) is 1. The summed E-state index contributed by atoms with van der Waals surface area (Å²) in [5.41, 5.74) is 2.85. The third-order valence-electron chi connectivity index (χ3n) is 4.44. The molecule has 8 nitrogen and oxygen atoms in total. The number of rotatable bonds is 7. The van der Waals surface area contributed by atoms with Crippen LogP contribution in [0.25, 0.3) is 22.1 Å². The standard InChI is InChI=1S/C19H20FN7O/c1-11(26-19-16-18(23-9-22-16)24-10-25-19)14-7-12-3-4-13(20)8-15(12)27-17(14)21-5-6-28-2/h3-4,7-11H,5-6H2,1-2H3,(H,21,27)(H2,22,23,24,25,26)/t11-/m0/s1. The first-order valence-corrected chi connectivity index (χ1v) is 8.89. The molecular formula is C19H20FN7O. The summed E-state index contributed by atoms with van der Waals surface area (Å²) in [5.74, 6) is 0.979. The van der Waals surface area contributed by atoms with Gasteiger partial charge in [-0.15, -0.1) is 0 Å². The second-order valence-electron chi connectivity index (χ2n) is 6.37. The van der Waals surface area contributed by atoms with Crippen molar-refractivity contribution in [1.82, 2.24) is 24.9 Å². The molecule has 0 amide bonds. The summed E-state index contributed by atoms with van der Waals surface area (Å²) in [7, 11) is 1.64. The lowest BCUT2D eigenvalue weighted by Crippen LogP contribution is -2.15. The van der Waals surface area contributed by atoms with E-state index in [1.165, 1.54) is 18.5 Å². The third-order valence-corrected chi connectivity index (χ3v) is 4.44. The Labute approximate surface area is 160 Å². The van der Waals surface area contributed by atoms with Crippen molar-refractivity contribution in [1.29, 1.82) is 0 Å². The van der Waals surface area contributed by atoms with Crippen LogP contribution in [0.15, 0.2) is 36.9 Å². The van der Waals surface area contributed by atoms with E-state index in [9.17, 15) is 4.39 Å². The molecule has 1 aromatic carbocycles. The van der Waals surface area contributed by atoms with E-state index < -0.39 is 0 Å². The Balaban J connectivity index is 1.71. The van der Waals surface area contributed by atoms with E-state index in [0.29, 0.717) is 41.5 Å². The number of nitrogens with one attached hydrogen (secondary N) is 3. The highest BCUT2D eigenvalue weighted by Crippen LogP contribution is 2.29. The first-order chi connectivity index (χ1) is 13.7. The molecule has 9 heteroatoms. The van der Waals surface area contributed by atoms with Crippen molar-refractivity contribution in [3.8, 4) is 0 Å². The van der Waals surface area contributed by atoms with Crippen LogP contribution in [0.5, 0.6) is 0 Å². The summed E-state index contributed by atoms with van der Waals surface area (Å²) in [4.78, 5) is 20.3. The summed E-state index contributed by atoms with van der Waals surface area (Å²) in [6, 6.07) is 6.45. The van der Waals surface area contributed by atoms with E-state index in [2.05, 4.69) is 35.6 Å². The molecule has 0 aliphatic heterocycles. The summed E-state index contributed by atoms with van der Waals surface area (Å²) < 4.78 is 18.7. The number of methoxy groups -OCH3 is 1. The smallest absolute Gasteiger partial charge is 0.162 e. The number of anilines is 2. The van der Waals surface area contributed by atoms with Crippen LogP contribution in [0.2, 0.25) is 0 Å². The van der Waals surface area contributed by atoms with Gasteiger partial charge in [-0.1, -0.05) is 0 Å². The fraction of sp³-hybridized carbons (Fsp3) is 0.263. The lowest BCUT2D eigenvalue weighted by atomic mass is 10.1. The molecular weight excluding hydrogens is 361 g/mol. The second-order valence-corrected chi connectivity index (χ2v) is 6.37. The van der Waals surface area contributed by atoms with Gasteiger partial charge in [0.2, 0.25) is 0 Å². The van der Waals surface area contributed by atoms with Crippen molar-refractivity contribution in [2.75, 3.05) is 30.9 Å². The number of aromatic nitrogens is 5. The Morgan fingerprint density at radius 1 is 1.18 bits per heavy atom. The van der Waals surface area contributed by atoms with Crippen LogP contribution < -0.4 is 10.6 Å². The van der Waals surface area contributed by atoms with Crippen LogP contribution in [-0.4, -0.2) is 45.2 Å². The van der Waals surface area contributed by atoms with Crippen molar-refractivity contribution in [2.24, 2.45) is 0 Å². The fourth-order valence-electron chi connectivity index (χ4n) is 3.05. The summed E-state index contributed by atoms with van der Waals surface area (Å²) in [6.45, 7) is 3.12. The first kappa shape index (κ1) is 18.1. The van der Waals surface area contributed by atoms with Gasteiger partial charge in [0.25, 0.3) is 0 Å². The molecule has 0 bridgehead atoms. The van der Waals surface area contributed by atoms with E-state index >= 15 is 0 Å². The van der Waals surface area contributed by atoms with Gasteiger partial charge in [-0.05, 0) is 25.1 Å². The monoisotopic (exact) mass is 381 g/mol. The normalized spacial score (nSPS) is 12.4. The van der Waals surface area contributed by atoms with Crippen LogP contribution >= 0.6 is 0 Å². The number of nitrogens with zero attached hydrogens (tertiary/aromatic N) is 4. The van der Waals surface area contributed by atoms with Crippen molar-refractivity contribution in [3.63, 3.8) is 0 Å². The van der Waals surface area contributed by atoms with Crippen molar-refractivity contribution in [3.05, 3.63) is 48.3 Å². The lowest BCUT2D eigenvalue weighted by molar-refractivity contribution is 0.210. The van der Waals surface area contributed by atoms with E-state index in [4.69, 9.17) is 4.74 Å². The van der Waals surface area contributed by atoms with Gasteiger partial charge in [0.05, 0.1) is 24.5 Å². The highest BCUT2D eigenvalue weighted by molar-refractivity contribution is 5.84. The number of pyridine rings is 1. The molecule has 3 aromatic heterocycles. The highest BCUT2D eigenvalue weighted by Gasteiger charge is 2.16. The Morgan fingerprint density at radius 2 is 2.07 bits per heavy atom. The molecule has 0 fully saturated rings. The van der Waals surface area contributed by atoms with Crippen LogP contribution in [0, 0.1) is 5.82 Å². The number of benzene rings is 1. The number of halogens is 1. The zero-order chi connectivity index (χ0) is 19.5. The average Bonchev–Trinajstić information content (AvgIpc) is 3.17. The number of H-pyrrole nitrogens is 1. The molecule has 3 heterocycles. The zero-order valence-electron chi connectivity index (χ0n) is 15.5. The summed E-state index contributed by atoms with van der Waals surface area (Å²) >= 11 is 0. The molecule has 4 aromatic rings. The predicted molar refractivity (Wildman–Crippen MR) is 106 cm³/mol. The van der Waals surface area contributed by atoms with Crippen LogP contribution in [0.1, 0.15) is 18.5 Å². The highest BCUT2D eigenvalue weighted by atomic mass is 19.1. The number of fused-ring (bicyclic) bond motifs is 2. The van der Waals surface area contributed by atoms with Gasteiger partial charge in [0, 0.05) is 30.7 Å². The van der Waals surface area contributed by atoms with Gasteiger partial charge >= 0.3 is 0 Å². The molecule has 0 aliphatic rings. The van der Waals surface area contributed by atoms with Gasteiger partial charge < -0.3 is 20.4 Å². The van der Waals surface area contributed by atoms with Crippen molar-refractivity contribution >= 4 is 33.7 Å². The summed E-state index contributed by atoms with van der Waals surface area (Å²) in [5, 5.41) is 7.50. The van der Waals surface area contributed by atoms with Crippen molar-refractivity contribution < 1.29 is 9.13 Å². The average molecular weight is 381 g/mol. The Kier molecular flexibility index (Phi) is 4.98. The van der Waals surface area contributed by atoms with E-state index in [1.54, 1.807) is 19.5 Å². The first-order valence-electron chi connectivity index (χ1n) is 8.89. The maximum absolute atomic E-state index is 13.6. The molecule has 144 valence electrons. The van der Waals surface area contributed by atoms with Crippen LogP contribution in [0.4, 0.5) is 16.0 Å². The van der Waals surface area contributed by atoms with Crippen LogP contribution in [-0.2, 0) is 4.74 Å². The van der Waals surface area contributed by atoms with Gasteiger partial charge in [-0.2, -0.15) is 0 Å². The molecule has 0 aliphatic carbocycles. The lowest BCUT2D eigenvalue weighted by Gasteiger charge is -2.19. The zero-order valence-corrected chi connectivity index (χ0v) is 15.5. The minimum absolute atomic E-state index is 0.137. The molecule has 0 saturated heterocycles. The number of aromatic amines is 1. The SMILES string of the molecule is COCCNc1nc2cc(F)ccc2cc1[C@H](C)Nc1ncnc2[nH]cnc12. The topological polar surface area (TPSA) is 101 Å². The predicted octanol–water partition coefficient (Wildman–Crippen LogP) is 3.27. The molecule has 0 unspecified atom stereocenters.